The van der Waals surface area contributed by atoms with Crippen LogP contribution in [0, 0.1) is 11.8 Å². The summed E-state index contributed by atoms with van der Waals surface area (Å²) in [5.41, 5.74) is 0.466. The molecule has 19 heavy (non-hydrogen) atoms. The molecule has 0 bridgehead atoms. The van der Waals surface area contributed by atoms with E-state index in [9.17, 15) is 22.0 Å². The maximum absolute atomic E-state index is 12.6. The zero-order valence-electron chi connectivity index (χ0n) is 9.40. The zero-order valence-corrected chi connectivity index (χ0v) is 10.2. The molecular formula is C12H8ClF5O. The highest BCUT2D eigenvalue weighted by molar-refractivity contribution is 6.18. The van der Waals surface area contributed by atoms with E-state index in [1.807, 2.05) is 0 Å². The van der Waals surface area contributed by atoms with Gasteiger partial charge in [-0.25, -0.2) is 0 Å². The lowest BCUT2D eigenvalue weighted by Crippen LogP contribution is -2.41. The largest absolute Gasteiger partial charge is 0.499 e. The Balaban J connectivity index is 2.76. The van der Waals surface area contributed by atoms with Crippen LogP contribution in [-0.4, -0.2) is 18.2 Å². The molecule has 0 aliphatic heterocycles. The number of alkyl halides is 6. The van der Waals surface area contributed by atoms with Crippen LogP contribution in [-0.2, 0) is 0 Å². The van der Waals surface area contributed by atoms with Crippen molar-refractivity contribution in [1.29, 1.82) is 0 Å². The summed E-state index contributed by atoms with van der Waals surface area (Å²) in [6.07, 6.45) is -10.5. The summed E-state index contributed by atoms with van der Waals surface area (Å²) in [6.45, 7) is 0. The Morgan fingerprint density at radius 3 is 2.11 bits per heavy atom. The van der Waals surface area contributed by atoms with Crippen molar-refractivity contribution in [1.82, 2.24) is 0 Å². The molecule has 0 aliphatic rings. The lowest BCUT2D eigenvalue weighted by Gasteiger charge is -2.20. The van der Waals surface area contributed by atoms with Gasteiger partial charge < -0.3 is 4.74 Å². The Bertz CT molecular complexity index is 470. The second-order valence-corrected chi connectivity index (χ2v) is 3.76. The summed E-state index contributed by atoms with van der Waals surface area (Å²) < 4.78 is 64.5. The fourth-order valence-electron chi connectivity index (χ4n) is 1.02. The normalized spacial score (nSPS) is 11.7. The first kappa shape index (κ1) is 15.6. The number of benzene rings is 1. The summed E-state index contributed by atoms with van der Waals surface area (Å²) in [4.78, 5) is 0. The summed E-state index contributed by atoms with van der Waals surface area (Å²) in [7, 11) is 0. The van der Waals surface area contributed by atoms with Gasteiger partial charge in [0.2, 0.25) is 0 Å². The predicted molar refractivity (Wildman–Crippen MR) is 60.3 cm³/mol. The van der Waals surface area contributed by atoms with Gasteiger partial charge in [-0.1, -0.05) is 11.8 Å². The first-order valence-corrected chi connectivity index (χ1v) is 5.58. The molecule has 0 aliphatic carbocycles. The molecule has 0 heterocycles. The van der Waals surface area contributed by atoms with Crippen LogP contribution in [0.4, 0.5) is 22.0 Å². The fourth-order valence-corrected chi connectivity index (χ4v) is 1.12. The van der Waals surface area contributed by atoms with Crippen molar-refractivity contribution < 1.29 is 26.7 Å². The van der Waals surface area contributed by atoms with E-state index in [1.54, 1.807) is 0 Å². The fraction of sp³-hybridized carbons (Fsp3) is 0.333. The van der Waals surface area contributed by atoms with Crippen molar-refractivity contribution in [2.24, 2.45) is 0 Å². The SMILES string of the molecule is FC(F)(F)C(F)(F)Oc1ccc(C#CCCCl)cc1. The Kier molecular flexibility index (Phi) is 5.01. The molecule has 0 amide bonds. The van der Waals surface area contributed by atoms with Crippen LogP contribution in [0.15, 0.2) is 24.3 Å². The molecule has 0 atom stereocenters. The molecule has 0 fully saturated rings. The zero-order chi connectivity index (χ0) is 14.5. The second kappa shape index (κ2) is 6.11. The first-order valence-electron chi connectivity index (χ1n) is 5.05. The van der Waals surface area contributed by atoms with E-state index in [-0.39, 0.29) is 0 Å². The molecule has 1 aromatic carbocycles. The molecule has 0 unspecified atom stereocenters. The Morgan fingerprint density at radius 1 is 1.05 bits per heavy atom. The van der Waals surface area contributed by atoms with Crippen molar-refractivity contribution in [3.8, 4) is 17.6 Å². The van der Waals surface area contributed by atoms with Gasteiger partial charge in [0.15, 0.2) is 0 Å². The number of hydrogen-bond acceptors (Lipinski definition) is 1. The maximum atomic E-state index is 12.6. The lowest BCUT2D eigenvalue weighted by molar-refractivity contribution is -0.360. The second-order valence-electron chi connectivity index (χ2n) is 3.38. The average molecular weight is 299 g/mol. The number of ether oxygens (including phenoxy) is 1. The molecule has 1 nitrogen and oxygen atoms in total. The standard InChI is InChI=1S/C12H8ClF5O/c13-8-2-1-3-9-4-6-10(7-5-9)19-12(17,18)11(14,15)16/h4-7H,2,8H2. The van der Waals surface area contributed by atoms with Crippen molar-refractivity contribution in [3.63, 3.8) is 0 Å². The minimum Gasteiger partial charge on any atom is -0.426 e. The van der Waals surface area contributed by atoms with E-state index in [0.29, 0.717) is 17.9 Å². The smallest absolute Gasteiger partial charge is 0.426 e. The molecule has 1 aromatic rings. The van der Waals surface area contributed by atoms with E-state index in [0.717, 1.165) is 12.1 Å². The van der Waals surface area contributed by atoms with Crippen molar-refractivity contribution in [2.45, 2.75) is 18.7 Å². The van der Waals surface area contributed by atoms with Gasteiger partial charge in [-0.05, 0) is 24.3 Å². The van der Waals surface area contributed by atoms with E-state index in [2.05, 4.69) is 16.6 Å². The molecule has 0 aromatic heterocycles. The molecule has 104 valence electrons. The van der Waals surface area contributed by atoms with E-state index in [4.69, 9.17) is 11.6 Å². The third-order valence-corrected chi connectivity index (χ3v) is 2.07. The van der Waals surface area contributed by atoms with Crippen LogP contribution < -0.4 is 4.74 Å². The van der Waals surface area contributed by atoms with Crippen LogP contribution in [0.2, 0.25) is 0 Å². The number of hydrogen-bond donors (Lipinski definition) is 0. The summed E-state index contributed by atoms with van der Waals surface area (Å²) in [5, 5.41) is 0. The molecule has 0 saturated heterocycles. The molecule has 0 N–H and O–H groups in total. The minimum atomic E-state index is -5.76. The van der Waals surface area contributed by atoms with Crippen LogP contribution in [0.3, 0.4) is 0 Å². The maximum Gasteiger partial charge on any atom is 0.499 e. The molecule has 0 saturated carbocycles. The van der Waals surface area contributed by atoms with E-state index in [1.165, 1.54) is 12.1 Å². The van der Waals surface area contributed by atoms with Crippen molar-refractivity contribution in [3.05, 3.63) is 29.8 Å². The highest BCUT2D eigenvalue weighted by Gasteiger charge is 2.61. The highest BCUT2D eigenvalue weighted by atomic mass is 35.5. The lowest BCUT2D eigenvalue weighted by atomic mass is 10.2. The Labute approximate surface area is 111 Å². The van der Waals surface area contributed by atoms with Crippen LogP contribution >= 0.6 is 11.6 Å². The third kappa shape index (κ3) is 4.60. The van der Waals surface area contributed by atoms with Crippen molar-refractivity contribution in [2.75, 3.05) is 5.88 Å². The van der Waals surface area contributed by atoms with Gasteiger partial charge in [-0.2, -0.15) is 22.0 Å². The molecule has 0 spiro atoms. The Morgan fingerprint density at radius 2 is 1.63 bits per heavy atom. The van der Waals surface area contributed by atoms with Gasteiger partial charge in [0.05, 0.1) is 0 Å². The van der Waals surface area contributed by atoms with Gasteiger partial charge in [0, 0.05) is 17.9 Å². The van der Waals surface area contributed by atoms with Crippen LogP contribution in [0.25, 0.3) is 0 Å². The number of halogens is 6. The van der Waals surface area contributed by atoms with Gasteiger partial charge in [-0.15, -0.1) is 11.6 Å². The molecule has 7 heteroatoms. The summed E-state index contributed by atoms with van der Waals surface area (Å²) in [5.74, 6) is 5.12. The molecule has 1 rings (SSSR count). The van der Waals surface area contributed by atoms with Crippen LogP contribution in [0.5, 0.6) is 5.75 Å². The first-order chi connectivity index (χ1) is 8.76. The topological polar surface area (TPSA) is 9.23 Å². The quantitative estimate of drug-likeness (QED) is 0.462. The van der Waals surface area contributed by atoms with E-state index < -0.39 is 18.0 Å². The highest BCUT2D eigenvalue weighted by Crippen LogP contribution is 2.37. The molecular weight excluding hydrogens is 291 g/mol. The van der Waals surface area contributed by atoms with E-state index >= 15 is 0 Å². The average Bonchev–Trinajstić information content (AvgIpc) is 2.30. The predicted octanol–water partition coefficient (Wildman–Crippen LogP) is 4.20. The number of rotatable bonds is 3. The Hall–Kier alpha value is -1.48. The minimum absolute atomic E-state index is 0.353. The van der Waals surface area contributed by atoms with Crippen LogP contribution in [0.1, 0.15) is 12.0 Å². The van der Waals surface area contributed by atoms with Gasteiger partial charge in [0.25, 0.3) is 0 Å². The summed E-state index contributed by atoms with van der Waals surface area (Å²) in [6, 6.07) is 4.54. The third-order valence-electron chi connectivity index (χ3n) is 1.88. The molecule has 0 radical (unpaired) electrons. The van der Waals surface area contributed by atoms with Gasteiger partial charge in [0.1, 0.15) is 5.75 Å². The summed E-state index contributed by atoms with van der Waals surface area (Å²) >= 11 is 5.40. The monoisotopic (exact) mass is 298 g/mol. The van der Waals surface area contributed by atoms with Gasteiger partial charge >= 0.3 is 12.3 Å². The van der Waals surface area contributed by atoms with Gasteiger partial charge in [-0.3, -0.25) is 0 Å². The van der Waals surface area contributed by atoms with Crippen molar-refractivity contribution >= 4 is 11.6 Å².